The number of nitrogens with zero attached hydrogens (tertiary/aromatic N) is 1. The largest absolute Gasteiger partial charge is 0.314 e. The molecular weight excluding hydrogens is 240 g/mol. The fraction of sp³-hybridized carbons (Fsp3) is 0.400. The highest BCUT2D eigenvalue weighted by Crippen LogP contribution is 2.28. The Hall–Kier alpha value is -1.19. The Morgan fingerprint density at radius 3 is 2.44 bits per heavy atom. The predicted octanol–water partition coefficient (Wildman–Crippen LogP) is 3.96. The van der Waals surface area contributed by atoms with E-state index in [1.807, 2.05) is 7.05 Å². The number of aryl methyl sites for hydroxylation is 1. The van der Waals surface area contributed by atoms with E-state index in [-0.39, 0.29) is 0 Å². The van der Waals surface area contributed by atoms with E-state index in [0.717, 1.165) is 17.2 Å². The van der Waals surface area contributed by atoms with Crippen molar-refractivity contribution in [3.63, 3.8) is 0 Å². The molecule has 0 aliphatic carbocycles. The molecule has 0 aliphatic heterocycles. The zero-order valence-electron chi connectivity index (χ0n) is 11.4. The summed E-state index contributed by atoms with van der Waals surface area (Å²) in [6.45, 7) is 7.42. The molecule has 0 radical (unpaired) electrons. The average Bonchev–Trinajstić information content (AvgIpc) is 2.71. The van der Waals surface area contributed by atoms with Crippen LogP contribution in [0.5, 0.6) is 0 Å². The first-order chi connectivity index (χ1) is 8.61. The molecule has 1 aromatic carbocycles. The second-order valence-corrected chi connectivity index (χ2v) is 6.11. The summed E-state index contributed by atoms with van der Waals surface area (Å²) in [6.07, 6.45) is 0. The van der Waals surface area contributed by atoms with Crippen LogP contribution in [-0.4, -0.2) is 12.0 Å². The molecule has 1 heterocycles. The van der Waals surface area contributed by atoms with Crippen LogP contribution < -0.4 is 5.32 Å². The van der Waals surface area contributed by atoms with Crippen molar-refractivity contribution in [1.29, 1.82) is 0 Å². The number of hydrogen-bond donors (Lipinski definition) is 1. The molecule has 2 rings (SSSR count). The van der Waals surface area contributed by atoms with E-state index in [4.69, 9.17) is 4.98 Å². The van der Waals surface area contributed by atoms with Gasteiger partial charge in [0, 0.05) is 17.0 Å². The third-order valence-corrected chi connectivity index (χ3v) is 3.99. The highest BCUT2D eigenvalue weighted by Gasteiger charge is 2.09. The Kier molecular flexibility index (Phi) is 4.15. The van der Waals surface area contributed by atoms with Gasteiger partial charge in [0.2, 0.25) is 0 Å². The summed E-state index contributed by atoms with van der Waals surface area (Å²) in [5, 5.41) is 4.30. The minimum Gasteiger partial charge on any atom is -0.314 e. The van der Waals surface area contributed by atoms with Crippen molar-refractivity contribution >= 4 is 11.3 Å². The predicted molar refractivity (Wildman–Crippen MR) is 79.1 cm³/mol. The van der Waals surface area contributed by atoms with Crippen LogP contribution in [0.2, 0.25) is 0 Å². The molecule has 0 unspecified atom stereocenters. The van der Waals surface area contributed by atoms with Crippen molar-refractivity contribution < 1.29 is 0 Å². The first-order valence-corrected chi connectivity index (χ1v) is 7.14. The maximum absolute atomic E-state index is 4.70. The van der Waals surface area contributed by atoms with Gasteiger partial charge in [0.05, 0.1) is 5.69 Å². The van der Waals surface area contributed by atoms with Gasteiger partial charge in [-0.25, -0.2) is 4.98 Å². The van der Waals surface area contributed by atoms with Gasteiger partial charge < -0.3 is 5.32 Å². The first-order valence-electron chi connectivity index (χ1n) is 6.33. The fourth-order valence-electron chi connectivity index (χ4n) is 1.97. The van der Waals surface area contributed by atoms with E-state index in [9.17, 15) is 0 Å². The van der Waals surface area contributed by atoms with E-state index in [2.05, 4.69) is 50.4 Å². The molecule has 96 valence electrons. The number of thiazole rings is 1. The second kappa shape index (κ2) is 5.63. The minimum absolute atomic E-state index is 0.579. The molecule has 0 atom stereocenters. The molecule has 2 aromatic rings. The zero-order valence-corrected chi connectivity index (χ0v) is 12.3. The van der Waals surface area contributed by atoms with Crippen molar-refractivity contribution in [2.24, 2.45) is 0 Å². The molecule has 18 heavy (non-hydrogen) atoms. The molecule has 0 fully saturated rings. The lowest BCUT2D eigenvalue weighted by Crippen LogP contribution is -2.04. The maximum Gasteiger partial charge on any atom is 0.107 e. The monoisotopic (exact) mass is 260 g/mol. The molecule has 0 aliphatic rings. The molecule has 0 bridgehead atoms. The molecule has 3 heteroatoms. The highest BCUT2D eigenvalue weighted by molar-refractivity contribution is 7.12. The summed E-state index contributed by atoms with van der Waals surface area (Å²) >= 11 is 1.77. The van der Waals surface area contributed by atoms with Gasteiger partial charge in [-0.3, -0.25) is 0 Å². The number of aromatic nitrogens is 1. The standard InChI is InChI=1S/C15H20N2S/c1-10(2)12-5-7-13(8-6-12)15-11(3)18-14(17-15)9-16-4/h5-8,10,16H,9H2,1-4H3. The summed E-state index contributed by atoms with van der Waals surface area (Å²) in [5.41, 5.74) is 3.72. The van der Waals surface area contributed by atoms with Crippen LogP contribution in [0.15, 0.2) is 24.3 Å². The highest BCUT2D eigenvalue weighted by atomic mass is 32.1. The molecule has 1 N–H and O–H groups in total. The van der Waals surface area contributed by atoms with Gasteiger partial charge >= 0.3 is 0 Å². The average molecular weight is 260 g/mol. The second-order valence-electron chi connectivity index (χ2n) is 4.82. The van der Waals surface area contributed by atoms with Gasteiger partial charge in [-0.1, -0.05) is 38.1 Å². The lowest BCUT2D eigenvalue weighted by Gasteiger charge is -2.06. The number of benzene rings is 1. The van der Waals surface area contributed by atoms with Gasteiger partial charge in [-0.2, -0.15) is 0 Å². The van der Waals surface area contributed by atoms with Gasteiger partial charge in [0.15, 0.2) is 0 Å². The molecule has 2 nitrogen and oxygen atoms in total. The van der Waals surface area contributed by atoms with Crippen molar-refractivity contribution in [3.05, 3.63) is 39.7 Å². The Morgan fingerprint density at radius 2 is 1.89 bits per heavy atom. The Morgan fingerprint density at radius 1 is 1.22 bits per heavy atom. The van der Waals surface area contributed by atoms with Crippen molar-refractivity contribution in [1.82, 2.24) is 10.3 Å². The van der Waals surface area contributed by atoms with Gasteiger partial charge in [-0.15, -0.1) is 11.3 Å². The van der Waals surface area contributed by atoms with Crippen LogP contribution in [0.4, 0.5) is 0 Å². The van der Waals surface area contributed by atoms with Crippen LogP contribution in [-0.2, 0) is 6.54 Å². The summed E-state index contributed by atoms with van der Waals surface area (Å²) in [5.74, 6) is 0.579. The minimum atomic E-state index is 0.579. The van der Waals surface area contributed by atoms with E-state index in [1.54, 1.807) is 11.3 Å². The fourth-order valence-corrected chi connectivity index (χ4v) is 2.94. The molecule has 0 amide bonds. The summed E-state index contributed by atoms with van der Waals surface area (Å²) < 4.78 is 0. The van der Waals surface area contributed by atoms with E-state index < -0.39 is 0 Å². The Bertz CT molecular complexity index is 512. The number of nitrogens with one attached hydrogen (secondary N) is 1. The molecular formula is C15H20N2S. The number of hydrogen-bond acceptors (Lipinski definition) is 3. The normalized spacial score (nSPS) is 11.2. The van der Waals surface area contributed by atoms with Crippen LogP contribution in [0, 0.1) is 6.92 Å². The number of rotatable bonds is 4. The van der Waals surface area contributed by atoms with Crippen LogP contribution >= 0.6 is 11.3 Å². The Labute approximate surface area is 113 Å². The van der Waals surface area contributed by atoms with Gasteiger partial charge in [0.25, 0.3) is 0 Å². The summed E-state index contributed by atoms with van der Waals surface area (Å²) in [4.78, 5) is 5.99. The zero-order chi connectivity index (χ0) is 13.1. The smallest absolute Gasteiger partial charge is 0.107 e. The lowest BCUT2D eigenvalue weighted by atomic mass is 10.0. The summed E-state index contributed by atoms with van der Waals surface area (Å²) in [7, 11) is 1.95. The van der Waals surface area contributed by atoms with E-state index in [0.29, 0.717) is 5.92 Å². The van der Waals surface area contributed by atoms with Gasteiger partial charge in [0.1, 0.15) is 5.01 Å². The SMILES string of the molecule is CNCc1nc(-c2ccc(C(C)C)cc2)c(C)s1. The quantitative estimate of drug-likeness (QED) is 0.900. The van der Waals surface area contributed by atoms with Crippen LogP contribution in [0.3, 0.4) is 0 Å². The molecule has 0 spiro atoms. The third-order valence-electron chi connectivity index (χ3n) is 3.02. The van der Waals surface area contributed by atoms with E-state index >= 15 is 0 Å². The first kappa shape index (κ1) is 13.2. The van der Waals surface area contributed by atoms with Crippen molar-refractivity contribution in [3.8, 4) is 11.3 Å². The lowest BCUT2D eigenvalue weighted by molar-refractivity contribution is 0.810. The summed E-state index contributed by atoms with van der Waals surface area (Å²) in [6, 6.07) is 8.77. The van der Waals surface area contributed by atoms with E-state index in [1.165, 1.54) is 16.0 Å². The van der Waals surface area contributed by atoms with Crippen molar-refractivity contribution in [2.75, 3.05) is 7.05 Å². The van der Waals surface area contributed by atoms with Crippen molar-refractivity contribution in [2.45, 2.75) is 33.2 Å². The maximum atomic E-state index is 4.70. The van der Waals surface area contributed by atoms with Gasteiger partial charge in [-0.05, 0) is 25.5 Å². The molecule has 0 saturated carbocycles. The molecule has 1 aromatic heterocycles. The topological polar surface area (TPSA) is 24.9 Å². The third kappa shape index (κ3) is 2.79. The van der Waals surface area contributed by atoms with Crippen LogP contribution in [0.25, 0.3) is 11.3 Å². The molecule has 0 saturated heterocycles. The Balaban J connectivity index is 2.30. The van der Waals surface area contributed by atoms with Crippen LogP contribution in [0.1, 0.15) is 35.2 Å².